The number of benzene rings is 1. The molecule has 0 atom stereocenters. The number of fused-ring (bicyclic) bond motifs is 2. The molecule has 8 nitrogen and oxygen atoms in total. The largest absolute Gasteiger partial charge is 0.332 e. The van der Waals surface area contributed by atoms with Crippen LogP contribution in [0.1, 0.15) is 20.7 Å². The van der Waals surface area contributed by atoms with Gasteiger partial charge in [0.2, 0.25) is 0 Å². The summed E-state index contributed by atoms with van der Waals surface area (Å²) >= 11 is 0. The van der Waals surface area contributed by atoms with Gasteiger partial charge in [-0.2, -0.15) is 0 Å². The molecule has 0 unspecified atom stereocenters. The van der Waals surface area contributed by atoms with E-state index in [1.165, 1.54) is 26.2 Å². The summed E-state index contributed by atoms with van der Waals surface area (Å²) in [6.07, 6.45) is 0. The zero-order valence-electron chi connectivity index (χ0n) is 11.8. The number of carbonyl (C=O) groups excluding carboxylic acids is 2. The van der Waals surface area contributed by atoms with E-state index in [9.17, 15) is 19.2 Å². The molecule has 0 saturated carbocycles. The minimum absolute atomic E-state index is 0.0408. The maximum atomic E-state index is 12.3. The second kappa shape index (κ2) is 4.69. The second-order valence-corrected chi connectivity index (χ2v) is 4.88. The molecule has 3 rings (SSSR count). The van der Waals surface area contributed by atoms with Crippen molar-refractivity contribution < 1.29 is 9.59 Å². The molecule has 2 N–H and O–H groups in total. The van der Waals surface area contributed by atoms with Gasteiger partial charge in [-0.15, -0.1) is 0 Å². The zero-order chi connectivity index (χ0) is 16.0. The smallest absolute Gasteiger partial charge is 0.314 e. The van der Waals surface area contributed by atoms with Gasteiger partial charge in [0.1, 0.15) is 11.5 Å². The van der Waals surface area contributed by atoms with Crippen LogP contribution in [0.5, 0.6) is 0 Å². The van der Waals surface area contributed by atoms with Gasteiger partial charge in [-0.25, -0.2) is 4.79 Å². The molecule has 0 fully saturated rings. The first-order chi connectivity index (χ1) is 10.4. The lowest BCUT2D eigenvalue weighted by Crippen LogP contribution is -2.42. The van der Waals surface area contributed by atoms with Crippen molar-refractivity contribution in [3.8, 4) is 0 Å². The lowest BCUT2D eigenvalue weighted by atomic mass is 10.1. The molecule has 1 aliphatic rings. The van der Waals surface area contributed by atoms with Gasteiger partial charge in [0.15, 0.2) is 0 Å². The fourth-order valence-corrected chi connectivity index (χ4v) is 2.34. The number of nitrogens with one attached hydrogen (secondary N) is 2. The van der Waals surface area contributed by atoms with E-state index in [4.69, 9.17) is 0 Å². The molecule has 1 aliphatic heterocycles. The van der Waals surface area contributed by atoms with Crippen LogP contribution in [0.2, 0.25) is 0 Å². The van der Waals surface area contributed by atoms with E-state index in [1.807, 2.05) is 0 Å². The van der Waals surface area contributed by atoms with Gasteiger partial charge < -0.3 is 10.6 Å². The number of aromatic nitrogens is 2. The van der Waals surface area contributed by atoms with E-state index in [1.54, 1.807) is 12.1 Å². The summed E-state index contributed by atoms with van der Waals surface area (Å²) in [6, 6.07) is 6.22. The maximum absolute atomic E-state index is 12.3. The Bertz CT molecular complexity index is 939. The number of amides is 2. The van der Waals surface area contributed by atoms with E-state index in [2.05, 4.69) is 10.6 Å². The van der Waals surface area contributed by atoms with Crippen LogP contribution >= 0.6 is 0 Å². The van der Waals surface area contributed by atoms with Crippen molar-refractivity contribution in [2.75, 3.05) is 10.6 Å². The van der Waals surface area contributed by atoms with Crippen molar-refractivity contribution in [3.05, 3.63) is 56.2 Å². The molecular weight excluding hydrogens is 288 g/mol. The molecule has 112 valence electrons. The van der Waals surface area contributed by atoms with Crippen molar-refractivity contribution in [1.29, 1.82) is 0 Å². The second-order valence-electron chi connectivity index (χ2n) is 4.88. The summed E-state index contributed by atoms with van der Waals surface area (Å²) in [5.74, 6) is -1.18. The fraction of sp³-hybridized carbons (Fsp3) is 0.143. The number of rotatable bonds is 0. The first-order valence-electron chi connectivity index (χ1n) is 6.43. The van der Waals surface area contributed by atoms with Crippen LogP contribution in [0.15, 0.2) is 33.9 Å². The topological polar surface area (TPSA) is 102 Å². The molecule has 0 saturated heterocycles. The van der Waals surface area contributed by atoms with Crippen molar-refractivity contribution in [1.82, 2.24) is 9.13 Å². The third-order valence-electron chi connectivity index (χ3n) is 3.55. The maximum Gasteiger partial charge on any atom is 0.332 e. The number of nitrogens with zero attached hydrogens (tertiary/aromatic N) is 2. The van der Waals surface area contributed by atoms with Crippen molar-refractivity contribution in [2.24, 2.45) is 14.1 Å². The molecule has 1 aromatic heterocycles. The average Bonchev–Trinajstić information content (AvgIpc) is 2.52. The molecule has 2 aromatic rings. The highest BCUT2D eigenvalue weighted by atomic mass is 16.2. The molecule has 2 heterocycles. The van der Waals surface area contributed by atoms with E-state index in [0.29, 0.717) is 0 Å². The third kappa shape index (κ3) is 1.85. The number of hydrogen-bond acceptors (Lipinski definition) is 4. The Morgan fingerprint density at radius 3 is 1.95 bits per heavy atom. The Morgan fingerprint density at radius 2 is 1.36 bits per heavy atom. The van der Waals surface area contributed by atoms with E-state index < -0.39 is 23.1 Å². The standard InChI is InChI=1S/C14H12N4O4/c1-17-10-9(13(21)18(2)14(17)22)15-11(19)7-5-3-4-6-8(7)12(20)16-10/h3-6H,1-2H3,(H,15,19)(H,16,20). The minimum Gasteiger partial charge on any atom is -0.314 e. The fourth-order valence-electron chi connectivity index (χ4n) is 2.34. The highest BCUT2D eigenvalue weighted by molar-refractivity contribution is 6.18. The first kappa shape index (κ1) is 13.8. The molecule has 22 heavy (non-hydrogen) atoms. The molecule has 8 heteroatoms. The van der Waals surface area contributed by atoms with Crippen molar-refractivity contribution >= 4 is 23.3 Å². The SMILES string of the molecule is Cn1c2c(c(=O)n(C)c1=O)NC(=O)c1ccccc1C(=O)N2. The molecule has 2 amide bonds. The summed E-state index contributed by atoms with van der Waals surface area (Å²) in [4.78, 5) is 48.8. The van der Waals surface area contributed by atoms with Crippen LogP contribution < -0.4 is 21.9 Å². The van der Waals surface area contributed by atoms with Crippen molar-refractivity contribution in [3.63, 3.8) is 0 Å². The minimum atomic E-state index is -0.689. The van der Waals surface area contributed by atoms with E-state index >= 15 is 0 Å². The monoisotopic (exact) mass is 300 g/mol. The van der Waals surface area contributed by atoms with Gasteiger partial charge in [-0.1, -0.05) is 12.1 Å². The summed E-state index contributed by atoms with van der Waals surface area (Å²) in [5, 5.41) is 4.98. The molecular formula is C14H12N4O4. The van der Waals surface area contributed by atoms with Crippen LogP contribution in [0.3, 0.4) is 0 Å². The lowest BCUT2D eigenvalue weighted by Gasteiger charge is -2.20. The van der Waals surface area contributed by atoms with Crippen LogP contribution in [0.4, 0.5) is 11.5 Å². The van der Waals surface area contributed by atoms with Crippen LogP contribution in [-0.4, -0.2) is 20.9 Å². The number of anilines is 2. The molecule has 0 aliphatic carbocycles. The van der Waals surface area contributed by atoms with Crippen molar-refractivity contribution in [2.45, 2.75) is 0 Å². The van der Waals surface area contributed by atoms with Gasteiger partial charge in [-0.05, 0) is 12.1 Å². The highest BCUT2D eigenvalue weighted by Crippen LogP contribution is 2.21. The summed E-state index contributed by atoms with van der Waals surface area (Å²) in [5.41, 5.74) is -1.11. The Hall–Kier alpha value is -3.16. The molecule has 0 radical (unpaired) electrons. The Balaban J connectivity index is 2.32. The average molecular weight is 300 g/mol. The normalized spacial score (nSPS) is 13.4. The van der Waals surface area contributed by atoms with Gasteiger partial charge in [0, 0.05) is 14.1 Å². The van der Waals surface area contributed by atoms with Gasteiger partial charge in [0.25, 0.3) is 17.4 Å². The Labute approximate surface area is 124 Å². The molecule has 0 bridgehead atoms. The number of hydrogen-bond donors (Lipinski definition) is 2. The summed E-state index contributed by atoms with van der Waals surface area (Å²) < 4.78 is 1.96. The zero-order valence-corrected chi connectivity index (χ0v) is 11.8. The van der Waals surface area contributed by atoms with Crippen LogP contribution in [-0.2, 0) is 14.1 Å². The Morgan fingerprint density at radius 1 is 0.818 bits per heavy atom. The first-order valence-corrected chi connectivity index (χ1v) is 6.43. The van der Waals surface area contributed by atoms with Crippen LogP contribution in [0, 0.1) is 0 Å². The predicted molar refractivity (Wildman–Crippen MR) is 79.3 cm³/mol. The quantitative estimate of drug-likeness (QED) is 0.709. The van der Waals surface area contributed by atoms with Crippen LogP contribution in [0.25, 0.3) is 0 Å². The van der Waals surface area contributed by atoms with E-state index in [0.717, 1.165) is 9.13 Å². The predicted octanol–water partition coefficient (Wildman–Crippen LogP) is -0.0980. The molecule has 0 spiro atoms. The van der Waals surface area contributed by atoms with Gasteiger partial charge >= 0.3 is 5.69 Å². The number of carbonyl (C=O) groups is 2. The van der Waals surface area contributed by atoms with Gasteiger partial charge in [0.05, 0.1) is 11.1 Å². The van der Waals surface area contributed by atoms with E-state index in [-0.39, 0.29) is 22.6 Å². The van der Waals surface area contributed by atoms with Gasteiger partial charge in [-0.3, -0.25) is 23.5 Å². The summed E-state index contributed by atoms with van der Waals surface area (Å²) in [7, 11) is 2.70. The molecule has 1 aromatic carbocycles. The third-order valence-corrected chi connectivity index (χ3v) is 3.55. The summed E-state index contributed by atoms with van der Waals surface area (Å²) in [6.45, 7) is 0. The highest BCUT2D eigenvalue weighted by Gasteiger charge is 2.26. The lowest BCUT2D eigenvalue weighted by molar-refractivity contribution is 0.0987. The Kier molecular flexibility index (Phi) is 2.94.